The molecule has 16 nitrogen and oxygen atoms in total. The molecule has 2 heterocycles. The first-order valence-corrected chi connectivity index (χ1v) is 16.2. The first-order chi connectivity index (χ1) is 24.0. The molecule has 4 rings (SSSR count). The third kappa shape index (κ3) is 10.5. The molecular formula is C32H24Br2N4O12. The van der Waals surface area contributed by atoms with Gasteiger partial charge in [0.15, 0.2) is 0 Å². The van der Waals surface area contributed by atoms with Crippen LogP contribution in [0.1, 0.15) is 49.7 Å². The summed E-state index contributed by atoms with van der Waals surface area (Å²) in [4.78, 5) is 78.1. The Bertz CT molecular complexity index is 2050. The summed E-state index contributed by atoms with van der Waals surface area (Å²) in [6, 6.07) is 7.99. The molecule has 18 heteroatoms. The molecule has 0 atom stereocenters. The first-order valence-electron chi connectivity index (χ1n) is 14.6. The number of carbonyl (C=O) groups is 4. The number of fused-ring (bicyclic) bond motifs is 2. The van der Waals surface area contributed by atoms with Gasteiger partial charge < -0.3 is 38.8 Å². The van der Waals surface area contributed by atoms with E-state index in [0.29, 0.717) is 30.8 Å². The fraction of sp³-hybridized carbons (Fsp3) is 0.250. The molecule has 0 spiro atoms. The maximum atomic E-state index is 12.3. The zero-order valence-corrected chi connectivity index (χ0v) is 28.9. The monoisotopic (exact) mass is 814 g/mol. The second-order valence-electron chi connectivity index (χ2n) is 10.2. The van der Waals surface area contributed by atoms with Crippen LogP contribution in [-0.4, -0.2) is 59.1 Å². The van der Waals surface area contributed by atoms with E-state index in [9.17, 15) is 28.8 Å². The highest BCUT2D eigenvalue weighted by Gasteiger charge is 2.17. The molecule has 0 aliphatic rings. The van der Waals surface area contributed by atoms with E-state index < -0.39 is 35.1 Å². The molecule has 0 saturated heterocycles. The summed E-state index contributed by atoms with van der Waals surface area (Å²) in [7, 11) is 0. The van der Waals surface area contributed by atoms with Gasteiger partial charge in [-0.05, 0) is 56.8 Å². The number of esters is 4. The summed E-state index contributed by atoms with van der Waals surface area (Å²) in [5.74, 6) is -2.42. The summed E-state index contributed by atoms with van der Waals surface area (Å²) in [6.07, 6.45) is 1.86. The van der Waals surface area contributed by atoms with Crippen LogP contribution in [-0.2, 0) is 28.7 Å². The lowest BCUT2D eigenvalue weighted by atomic mass is 10.1. The highest BCUT2D eigenvalue weighted by molar-refractivity contribution is 9.11. The van der Waals surface area contributed by atoms with Crippen LogP contribution in [0.15, 0.2) is 63.8 Å². The van der Waals surface area contributed by atoms with Crippen molar-refractivity contribution in [3.8, 4) is 11.5 Å². The van der Waals surface area contributed by atoms with E-state index in [1.54, 1.807) is 0 Å². The second-order valence-corrected chi connectivity index (χ2v) is 11.9. The Morgan fingerprint density at radius 3 is 1.38 bits per heavy atom. The molecule has 0 amide bonds. The Balaban J connectivity index is 1.11. The first kappa shape index (κ1) is 37.3. The third-order valence-corrected chi connectivity index (χ3v) is 7.87. The lowest BCUT2D eigenvalue weighted by Crippen LogP contribution is -2.15. The predicted octanol–water partition coefficient (Wildman–Crippen LogP) is 4.66. The van der Waals surface area contributed by atoms with Crippen molar-refractivity contribution in [2.75, 3.05) is 13.2 Å². The van der Waals surface area contributed by atoms with Crippen molar-refractivity contribution in [1.29, 1.82) is 0 Å². The van der Waals surface area contributed by atoms with E-state index >= 15 is 0 Å². The number of benzene rings is 2. The standard InChI is InChI=1S/C32H24Br2N4O12/c33-21-11-19-17(15-37-35)9-31(43)47-23(19)13-25(21)49-29(41)5-1-3-27(39)45-7-8-46-28(40)4-2-6-30(42)50-26-14-24-20(12-22(26)34)18(16-38-36)10-32(44)48-24/h9-16H,1-8H2. The van der Waals surface area contributed by atoms with Crippen molar-refractivity contribution in [2.24, 2.45) is 0 Å². The maximum Gasteiger partial charge on any atom is 0.337 e. The van der Waals surface area contributed by atoms with Crippen LogP contribution in [0.5, 0.6) is 11.5 Å². The van der Waals surface area contributed by atoms with Gasteiger partial charge in [-0.15, -0.1) is 0 Å². The van der Waals surface area contributed by atoms with Crippen LogP contribution in [0.4, 0.5) is 0 Å². The van der Waals surface area contributed by atoms with Gasteiger partial charge in [-0.3, -0.25) is 19.2 Å². The lowest BCUT2D eigenvalue weighted by molar-refractivity contribution is -0.152. The number of hydrogen-bond donors (Lipinski definition) is 0. The van der Waals surface area contributed by atoms with E-state index in [1.165, 1.54) is 24.3 Å². The number of halogens is 2. The van der Waals surface area contributed by atoms with Gasteiger partial charge in [0, 0.05) is 60.7 Å². The fourth-order valence-corrected chi connectivity index (χ4v) is 5.27. The zero-order chi connectivity index (χ0) is 36.2. The van der Waals surface area contributed by atoms with Crippen LogP contribution in [0.2, 0.25) is 0 Å². The molecule has 50 heavy (non-hydrogen) atoms. The Labute approximate surface area is 297 Å². The summed E-state index contributed by atoms with van der Waals surface area (Å²) >= 11 is 6.56. The van der Waals surface area contributed by atoms with Crippen LogP contribution >= 0.6 is 31.9 Å². The summed E-state index contributed by atoms with van der Waals surface area (Å²) in [5.41, 5.74) is 17.0. The molecule has 0 radical (unpaired) electrons. The van der Waals surface area contributed by atoms with Crippen molar-refractivity contribution >= 4 is 90.1 Å². The summed E-state index contributed by atoms with van der Waals surface area (Å²) in [5, 5.41) is 0.861. The second kappa shape index (κ2) is 17.7. The number of nitrogens with zero attached hydrogens (tertiary/aromatic N) is 4. The topological polar surface area (TPSA) is 238 Å². The SMILES string of the molecule is [N-]=[N+]=Cc1cc(=O)oc2cc(OC(=O)CCCC(=O)OCCOC(=O)CCCC(=O)Oc3cc4oc(=O)cc(C=[N+]=[N-])c4cc3Br)c(Br)cc12. The zero-order valence-electron chi connectivity index (χ0n) is 25.7. The molecule has 0 N–H and O–H groups in total. The highest BCUT2D eigenvalue weighted by Crippen LogP contribution is 2.33. The minimum atomic E-state index is -0.697. The Morgan fingerprint density at radius 2 is 1.00 bits per heavy atom. The molecule has 2 aromatic carbocycles. The Morgan fingerprint density at radius 1 is 0.620 bits per heavy atom. The largest absolute Gasteiger partial charge is 0.462 e. The molecule has 0 unspecified atom stereocenters. The van der Waals surface area contributed by atoms with Gasteiger partial charge in [0.1, 0.15) is 35.9 Å². The van der Waals surface area contributed by atoms with Gasteiger partial charge in [0.25, 0.3) is 12.4 Å². The van der Waals surface area contributed by atoms with E-state index in [1.807, 2.05) is 0 Å². The number of carbonyl (C=O) groups excluding carboxylic acids is 4. The smallest absolute Gasteiger partial charge is 0.337 e. The molecule has 2 aromatic heterocycles. The number of hydrogen-bond acceptors (Lipinski definition) is 12. The molecule has 0 saturated carbocycles. The normalized spacial score (nSPS) is 10.5. The molecule has 0 bridgehead atoms. The highest BCUT2D eigenvalue weighted by atomic mass is 79.9. The average molecular weight is 816 g/mol. The quantitative estimate of drug-likeness (QED) is 0.0303. The van der Waals surface area contributed by atoms with Gasteiger partial charge in [-0.1, -0.05) is 0 Å². The minimum absolute atomic E-state index is 0.0734. The molecule has 258 valence electrons. The van der Waals surface area contributed by atoms with E-state index in [4.69, 9.17) is 38.8 Å². The molecule has 0 aliphatic carbocycles. The van der Waals surface area contributed by atoms with Crippen molar-refractivity contribution in [3.63, 3.8) is 0 Å². The van der Waals surface area contributed by atoms with E-state index in [0.717, 1.165) is 24.6 Å². The van der Waals surface area contributed by atoms with Crippen LogP contribution < -0.4 is 20.7 Å². The van der Waals surface area contributed by atoms with E-state index in [-0.39, 0.29) is 74.4 Å². The lowest BCUT2D eigenvalue weighted by Gasteiger charge is -2.09. The van der Waals surface area contributed by atoms with Crippen molar-refractivity contribution < 1.29 is 56.5 Å². The third-order valence-electron chi connectivity index (χ3n) is 6.63. The van der Waals surface area contributed by atoms with Gasteiger partial charge in [-0.25, -0.2) is 9.59 Å². The van der Waals surface area contributed by atoms with Gasteiger partial charge in [0.05, 0.1) is 20.1 Å². The summed E-state index contributed by atoms with van der Waals surface area (Å²) in [6.45, 7) is -0.430. The van der Waals surface area contributed by atoms with Crippen molar-refractivity contribution in [3.05, 3.63) is 88.4 Å². The van der Waals surface area contributed by atoms with Crippen molar-refractivity contribution in [2.45, 2.75) is 38.5 Å². The van der Waals surface area contributed by atoms with E-state index in [2.05, 4.69) is 41.4 Å². The van der Waals surface area contributed by atoms with Crippen LogP contribution in [0, 0.1) is 0 Å². The van der Waals surface area contributed by atoms with Gasteiger partial charge in [0.2, 0.25) is 0 Å². The fourth-order valence-electron chi connectivity index (χ4n) is 4.43. The number of rotatable bonds is 15. The van der Waals surface area contributed by atoms with Crippen LogP contribution in [0.25, 0.3) is 33.0 Å². The molecular weight excluding hydrogens is 792 g/mol. The number of ether oxygens (including phenoxy) is 4. The molecule has 0 fully saturated rings. The van der Waals surface area contributed by atoms with Gasteiger partial charge in [-0.2, -0.15) is 9.58 Å². The average Bonchev–Trinajstić information content (AvgIpc) is 3.05. The Hall–Kier alpha value is -5.54. The maximum absolute atomic E-state index is 12.3. The van der Waals surface area contributed by atoms with Crippen LogP contribution in [0.3, 0.4) is 0 Å². The van der Waals surface area contributed by atoms with Gasteiger partial charge >= 0.3 is 35.1 Å². The molecule has 4 aromatic rings. The molecule has 0 aliphatic heterocycles. The van der Waals surface area contributed by atoms with Crippen molar-refractivity contribution in [1.82, 2.24) is 0 Å². The summed E-state index contributed by atoms with van der Waals surface area (Å²) < 4.78 is 31.6. The Kier molecular flexibility index (Phi) is 13.2. The minimum Gasteiger partial charge on any atom is -0.462 e. The predicted molar refractivity (Wildman–Crippen MR) is 179 cm³/mol.